The first-order valence-corrected chi connectivity index (χ1v) is 6.19. The molecule has 0 amide bonds. The molecule has 1 aromatic carbocycles. The van der Waals surface area contributed by atoms with Crippen LogP contribution in [0.4, 0.5) is 0 Å². The van der Waals surface area contributed by atoms with E-state index in [0.29, 0.717) is 10.3 Å². The Morgan fingerprint density at radius 3 is 2.40 bits per heavy atom. The van der Waals surface area contributed by atoms with Crippen LogP contribution in [0.3, 0.4) is 0 Å². The Kier molecular flexibility index (Phi) is 2.58. The van der Waals surface area contributed by atoms with Gasteiger partial charge in [-0.2, -0.15) is 0 Å². The molecule has 0 atom stereocenters. The minimum Gasteiger partial charge on any atom is -0.504 e. The van der Waals surface area contributed by atoms with E-state index in [2.05, 4.69) is 0 Å². The van der Waals surface area contributed by atoms with E-state index < -0.39 is 0 Å². The third-order valence-electron chi connectivity index (χ3n) is 2.10. The zero-order chi connectivity index (χ0) is 11.0. The van der Waals surface area contributed by atoms with Crippen LogP contribution in [-0.4, -0.2) is 22.8 Å². The van der Waals surface area contributed by atoms with E-state index in [4.69, 9.17) is 0 Å². The Bertz CT molecular complexity index is 531. The number of carbonyl (C=O) groups is 1. The van der Waals surface area contributed by atoms with Crippen LogP contribution in [-0.2, 0) is 0 Å². The summed E-state index contributed by atoms with van der Waals surface area (Å²) >= 11 is 2.88. The summed E-state index contributed by atoms with van der Waals surface area (Å²) in [6.45, 7) is 0. The second-order valence-electron chi connectivity index (χ2n) is 2.96. The SMILES string of the molecule is CSc1sc(C=O)c2cc(O)c(O)cc12. The van der Waals surface area contributed by atoms with Crippen molar-refractivity contribution in [3.8, 4) is 11.5 Å². The molecule has 2 N–H and O–H groups in total. The van der Waals surface area contributed by atoms with Gasteiger partial charge in [-0.25, -0.2) is 0 Å². The fraction of sp³-hybridized carbons (Fsp3) is 0.100. The van der Waals surface area contributed by atoms with Crippen LogP contribution in [0, 0.1) is 0 Å². The molecule has 1 heterocycles. The molecule has 1 aromatic heterocycles. The smallest absolute Gasteiger partial charge is 0.160 e. The molecule has 0 aliphatic rings. The Balaban J connectivity index is 2.85. The second kappa shape index (κ2) is 3.75. The maximum Gasteiger partial charge on any atom is 0.160 e. The molecule has 3 nitrogen and oxygen atoms in total. The predicted molar refractivity (Wildman–Crippen MR) is 62.3 cm³/mol. The highest BCUT2D eigenvalue weighted by atomic mass is 32.2. The first-order valence-electron chi connectivity index (χ1n) is 4.15. The third kappa shape index (κ3) is 1.57. The van der Waals surface area contributed by atoms with Crippen molar-refractivity contribution in [2.24, 2.45) is 0 Å². The van der Waals surface area contributed by atoms with Crippen molar-refractivity contribution in [1.29, 1.82) is 0 Å². The number of thiophene rings is 1. The van der Waals surface area contributed by atoms with Gasteiger partial charge < -0.3 is 10.2 Å². The predicted octanol–water partition coefficient (Wildman–Crippen LogP) is 2.85. The highest BCUT2D eigenvalue weighted by molar-refractivity contribution is 8.00. The van der Waals surface area contributed by atoms with Crippen LogP contribution in [0.15, 0.2) is 16.3 Å². The topological polar surface area (TPSA) is 57.5 Å². The first-order chi connectivity index (χ1) is 7.17. The lowest BCUT2D eigenvalue weighted by Crippen LogP contribution is -1.74. The lowest BCUT2D eigenvalue weighted by Gasteiger charge is -1.98. The van der Waals surface area contributed by atoms with E-state index in [9.17, 15) is 15.0 Å². The van der Waals surface area contributed by atoms with E-state index in [-0.39, 0.29) is 11.5 Å². The van der Waals surface area contributed by atoms with Crippen molar-refractivity contribution in [3.05, 3.63) is 17.0 Å². The molecule has 0 aliphatic heterocycles. The summed E-state index contributed by atoms with van der Waals surface area (Å²) in [6, 6.07) is 2.91. The molecular formula is C10H8O3S2. The zero-order valence-corrected chi connectivity index (χ0v) is 9.48. The van der Waals surface area contributed by atoms with E-state index in [1.807, 2.05) is 6.26 Å². The van der Waals surface area contributed by atoms with Crippen LogP contribution in [0.2, 0.25) is 0 Å². The normalized spacial score (nSPS) is 10.7. The van der Waals surface area contributed by atoms with E-state index in [0.717, 1.165) is 15.9 Å². The Labute approximate surface area is 94.4 Å². The summed E-state index contributed by atoms with van der Waals surface area (Å²) in [5.41, 5.74) is 0. The molecule has 5 heteroatoms. The van der Waals surface area contributed by atoms with Gasteiger partial charge in [-0.1, -0.05) is 0 Å². The summed E-state index contributed by atoms with van der Waals surface area (Å²) in [5, 5.41) is 20.2. The number of aldehydes is 1. The van der Waals surface area contributed by atoms with Gasteiger partial charge >= 0.3 is 0 Å². The van der Waals surface area contributed by atoms with Gasteiger partial charge in [-0.15, -0.1) is 23.1 Å². The average molecular weight is 240 g/mol. The number of phenolic OH excluding ortho intramolecular Hbond substituents is 2. The lowest BCUT2D eigenvalue weighted by molar-refractivity contribution is 0.112. The second-order valence-corrected chi connectivity index (χ2v) is 5.09. The molecule has 0 radical (unpaired) electrons. The minimum atomic E-state index is -0.198. The van der Waals surface area contributed by atoms with Crippen LogP contribution in [0.1, 0.15) is 9.67 Å². The van der Waals surface area contributed by atoms with Gasteiger partial charge in [0.1, 0.15) is 0 Å². The van der Waals surface area contributed by atoms with Crippen LogP contribution >= 0.6 is 23.1 Å². The molecular weight excluding hydrogens is 232 g/mol. The largest absolute Gasteiger partial charge is 0.504 e. The molecule has 0 saturated carbocycles. The van der Waals surface area contributed by atoms with Crippen molar-refractivity contribution < 1.29 is 15.0 Å². The van der Waals surface area contributed by atoms with Gasteiger partial charge in [0.15, 0.2) is 17.8 Å². The molecule has 15 heavy (non-hydrogen) atoms. The van der Waals surface area contributed by atoms with Crippen molar-refractivity contribution in [2.75, 3.05) is 6.26 Å². The quantitative estimate of drug-likeness (QED) is 0.481. The number of aromatic hydroxyl groups is 2. The van der Waals surface area contributed by atoms with Crippen LogP contribution in [0.25, 0.3) is 10.8 Å². The highest BCUT2D eigenvalue weighted by Gasteiger charge is 2.13. The molecule has 0 spiro atoms. The molecule has 0 bridgehead atoms. The maximum absolute atomic E-state index is 10.8. The van der Waals surface area contributed by atoms with Crippen molar-refractivity contribution in [3.63, 3.8) is 0 Å². The van der Waals surface area contributed by atoms with E-state index >= 15 is 0 Å². The molecule has 2 aromatic rings. The van der Waals surface area contributed by atoms with Gasteiger partial charge in [-0.3, -0.25) is 4.79 Å². The Hall–Kier alpha value is -1.20. The summed E-state index contributed by atoms with van der Waals surface area (Å²) < 4.78 is 0.961. The number of phenols is 2. The van der Waals surface area contributed by atoms with Crippen molar-refractivity contribution in [2.45, 2.75) is 4.21 Å². The number of hydrogen-bond donors (Lipinski definition) is 2. The van der Waals surface area contributed by atoms with Gasteiger partial charge in [0.25, 0.3) is 0 Å². The number of thioether (sulfide) groups is 1. The molecule has 2 rings (SSSR count). The first kappa shape index (κ1) is 10.3. The van der Waals surface area contributed by atoms with Crippen molar-refractivity contribution >= 4 is 40.2 Å². The fourth-order valence-electron chi connectivity index (χ4n) is 1.40. The number of benzene rings is 1. The monoisotopic (exact) mass is 240 g/mol. The lowest BCUT2D eigenvalue weighted by atomic mass is 10.1. The molecule has 0 unspecified atom stereocenters. The fourth-order valence-corrected chi connectivity index (χ4v) is 3.20. The standard InChI is InChI=1S/C10H8O3S2/c1-14-10-6-3-8(13)7(12)2-5(6)9(4-11)15-10/h2-4,12-13H,1H3. The number of fused-ring (bicyclic) bond motifs is 1. The maximum atomic E-state index is 10.8. The highest BCUT2D eigenvalue weighted by Crippen LogP contribution is 2.41. The number of hydrogen-bond acceptors (Lipinski definition) is 5. The number of carbonyl (C=O) groups excluding carboxylic acids is 1. The van der Waals surface area contributed by atoms with Gasteiger partial charge in [0.2, 0.25) is 0 Å². The third-order valence-corrected chi connectivity index (χ3v) is 4.38. The van der Waals surface area contributed by atoms with Crippen molar-refractivity contribution in [1.82, 2.24) is 0 Å². The van der Waals surface area contributed by atoms with Gasteiger partial charge in [0, 0.05) is 10.8 Å². The van der Waals surface area contributed by atoms with E-state index in [1.165, 1.54) is 35.2 Å². The van der Waals surface area contributed by atoms with E-state index in [1.54, 1.807) is 0 Å². The Morgan fingerprint density at radius 2 is 1.87 bits per heavy atom. The molecule has 0 saturated heterocycles. The Morgan fingerprint density at radius 1 is 1.27 bits per heavy atom. The van der Waals surface area contributed by atoms with Crippen LogP contribution < -0.4 is 0 Å². The minimum absolute atomic E-state index is 0.159. The molecule has 78 valence electrons. The molecule has 0 aliphatic carbocycles. The summed E-state index contributed by atoms with van der Waals surface area (Å²) in [7, 11) is 0. The summed E-state index contributed by atoms with van der Waals surface area (Å²) in [6.07, 6.45) is 2.67. The van der Waals surface area contributed by atoms with Gasteiger partial charge in [0.05, 0.1) is 9.09 Å². The summed E-state index contributed by atoms with van der Waals surface area (Å²) in [4.78, 5) is 11.4. The number of rotatable bonds is 2. The summed E-state index contributed by atoms with van der Waals surface area (Å²) in [5.74, 6) is -0.357. The molecule has 0 fully saturated rings. The zero-order valence-electron chi connectivity index (χ0n) is 7.85. The average Bonchev–Trinajstić information content (AvgIpc) is 2.56. The van der Waals surface area contributed by atoms with Crippen LogP contribution in [0.5, 0.6) is 11.5 Å². The van der Waals surface area contributed by atoms with Gasteiger partial charge in [-0.05, 0) is 18.4 Å².